The molecule has 1 aromatic carbocycles. The van der Waals surface area contributed by atoms with Gasteiger partial charge in [-0.1, -0.05) is 18.6 Å². The van der Waals surface area contributed by atoms with Crippen LogP contribution in [0.5, 0.6) is 0 Å². The van der Waals surface area contributed by atoms with E-state index in [1.807, 2.05) is 13.8 Å². The van der Waals surface area contributed by atoms with Crippen molar-refractivity contribution in [3.05, 3.63) is 41.5 Å². The van der Waals surface area contributed by atoms with Crippen LogP contribution in [0.15, 0.2) is 24.3 Å². The van der Waals surface area contributed by atoms with E-state index in [9.17, 15) is 4.39 Å². The summed E-state index contributed by atoms with van der Waals surface area (Å²) in [6, 6.07) is 6.78. The Balaban J connectivity index is 2.58. The zero-order valence-corrected chi connectivity index (χ0v) is 10.8. The third-order valence-corrected chi connectivity index (χ3v) is 2.74. The van der Waals surface area contributed by atoms with Gasteiger partial charge in [0, 0.05) is 25.1 Å². The average Bonchev–Trinajstić information content (AvgIpc) is 2.40. The summed E-state index contributed by atoms with van der Waals surface area (Å²) in [5, 5.41) is 2.97. The lowest BCUT2D eigenvalue weighted by Crippen LogP contribution is -2.01. The van der Waals surface area contributed by atoms with Gasteiger partial charge in [0.1, 0.15) is 17.5 Å². The molecule has 0 unspecified atom stereocenters. The van der Waals surface area contributed by atoms with Gasteiger partial charge in [-0.3, -0.25) is 0 Å². The summed E-state index contributed by atoms with van der Waals surface area (Å²) >= 11 is 0. The molecule has 0 aliphatic carbocycles. The first-order valence-electron chi connectivity index (χ1n) is 5.96. The summed E-state index contributed by atoms with van der Waals surface area (Å²) in [7, 11) is 1.79. The Hall–Kier alpha value is -1.97. The van der Waals surface area contributed by atoms with E-state index in [-0.39, 0.29) is 5.82 Å². The molecule has 1 heterocycles. The summed E-state index contributed by atoms with van der Waals surface area (Å²) < 4.78 is 13.8. The first-order chi connectivity index (χ1) is 8.63. The van der Waals surface area contributed by atoms with Crippen LogP contribution >= 0.6 is 0 Å². The van der Waals surface area contributed by atoms with Crippen LogP contribution in [0.25, 0.3) is 11.3 Å². The third kappa shape index (κ3) is 2.47. The van der Waals surface area contributed by atoms with Crippen molar-refractivity contribution in [2.45, 2.75) is 20.3 Å². The number of rotatable bonds is 3. The molecular formula is C14H16FN3. The standard InChI is InChI=1S/C14H16FN3/c1-4-13-17-12(8-14(16-3)18-13)10-7-9(2)5-6-11(10)15/h5-8H,4H2,1-3H3,(H,16,17,18). The molecule has 0 saturated carbocycles. The average molecular weight is 245 g/mol. The number of aryl methyl sites for hydroxylation is 2. The molecule has 18 heavy (non-hydrogen) atoms. The fourth-order valence-electron chi connectivity index (χ4n) is 1.76. The molecular weight excluding hydrogens is 229 g/mol. The van der Waals surface area contributed by atoms with Gasteiger partial charge in [0.05, 0.1) is 5.69 Å². The number of nitrogens with one attached hydrogen (secondary N) is 1. The van der Waals surface area contributed by atoms with Crippen LogP contribution in [-0.2, 0) is 6.42 Å². The van der Waals surface area contributed by atoms with E-state index >= 15 is 0 Å². The van der Waals surface area contributed by atoms with Gasteiger partial charge in [-0.2, -0.15) is 0 Å². The monoisotopic (exact) mass is 245 g/mol. The summed E-state index contributed by atoms with van der Waals surface area (Å²) in [6.07, 6.45) is 0.718. The molecule has 0 fully saturated rings. The van der Waals surface area contributed by atoms with Gasteiger partial charge in [-0.25, -0.2) is 14.4 Å². The Morgan fingerprint density at radius 3 is 2.67 bits per heavy atom. The molecule has 0 atom stereocenters. The first-order valence-corrected chi connectivity index (χ1v) is 5.96. The van der Waals surface area contributed by atoms with Crippen LogP contribution in [-0.4, -0.2) is 17.0 Å². The molecule has 1 aromatic heterocycles. The molecule has 0 aliphatic rings. The predicted molar refractivity (Wildman–Crippen MR) is 71.1 cm³/mol. The normalized spacial score (nSPS) is 10.4. The van der Waals surface area contributed by atoms with Crippen LogP contribution in [0, 0.1) is 12.7 Å². The fourth-order valence-corrected chi connectivity index (χ4v) is 1.76. The molecule has 0 amide bonds. The van der Waals surface area contributed by atoms with Gasteiger partial charge in [0.15, 0.2) is 0 Å². The molecule has 2 aromatic rings. The maximum atomic E-state index is 13.8. The van der Waals surface area contributed by atoms with Crippen molar-refractivity contribution < 1.29 is 4.39 Å². The van der Waals surface area contributed by atoms with Gasteiger partial charge in [-0.05, 0) is 19.1 Å². The first kappa shape index (κ1) is 12.5. The second-order valence-corrected chi connectivity index (χ2v) is 4.14. The van der Waals surface area contributed by atoms with E-state index in [0.717, 1.165) is 12.0 Å². The van der Waals surface area contributed by atoms with Crippen molar-refractivity contribution in [1.82, 2.24) is 9.97 Å². The van der Waals surface area contributed by atoms with E-state index < -0.39 is 0 Å². The summed E-state index contributed by atoms with van der Waals surface area (Å²) in [5.74, 6) is 1.15. The van der Waals surface area contributed by atoms with E-state index in [1.54, 1.807) is 25.2 Å². The van der Waals surface area contributed by atoms with Gasteiger partial charge in [0.2, 0.25) is 0 Å². The second kappa shape index (κ2) is 5.12. The van der Waals surface area contributed by atoms with E-state index in [1.165, 1.54) is 6.07 Å². The molecule has 3 nitrogen and oxygen atoms in total. The van der Waals surface area contributed by atoms with E-state index in [4.69, 9.17) is 0 Å². The number of hydrogen-bond donors (Lipinski definition) is 1. The summed E-state index contributed by atoms with van der Waals surface area (Å²) in [5.41, 5.74) is 2.14. The lowest BCUT2D eigenvalue weighted by Gasteiger charge is -2.08. The molecule has 1 N–H and O–H groups in total. The number of aromatic nitrogens is 2. The number of hydrogen-bond acceptors (Lipinski definition) is 3. The summed E-state index contributed by atoms with van der Waals surface area (Å²) in [4.78, 5) is 8.68. The van der Waals surface area contributed by atoms with Crippen LogP contribution < -0.4 is 5.32 Å². The van der Waals surface area contributed by atoms with E-state index in [2.05, 4.69) is 15.3 Å². The highest BCUT2D eigenvalue weighted by Gasteiger charge is 2.09. The minimum absolute atomic E-state index is 0.261. The molecule has 2 rings (SSSR count). The zero-order valence-electron chi connectivity index (χ0n) is 10.8. The van der Waals surface area contributed by atoms with Crippen molar-refractivity contribution in [2.75, 3.05) is 12.4 Å². The molecule has 0 aliphatic heterocycles. The van der Waals surface area contributed by atoms with Crippen molar-refractivity contribution >= 4 is 5.82 Å². The van der Waals surface area contributed by atoms with Crippen molar-refractivity contribution in [3.63, 3.8) is 0 Å². The number of nitrogens with zero attached hydrogens (tertiary/aromatic N) is 2. The van der Waals surface area contributed by atoms with Crippen LogP contribution in [0.4, 0.5) is 10.2 Å². The number of benzene rings is 1. The number of anilines is 1. The largest absolute Gasteiger partial charge is 0.373 e. The number of halogens is 1. The minimum Gasteiger partial charge on any atom is -0.373 e. The van der Waals surface area contributed by atoms with Gasteiger partial charge < -0.3 is 5.32 Å². The second-order valence-electron chi connectivity index (χ2n) is 4.14. The topological polar surface area (TPSA) is 37.8 Å². The van der Waals surface area contributed by atoms with Crippen molar-refractivity contribution in [3.8, 4) is 11.3 Å². The van der Waals surface area contributed by atoms with Gasteiger partial charge >= 0.3 is 0 Å². The van der Waals surface area contributed by atoms with Crippen molar-refractivity contribution in [1.29, 1.82) is 0 Å². The Morgan fingerprint density at radius 1 is 1.22 bits per heavy atom. The lowest BCUT2D eigenvalue weighted by molar-refractivity contribution is 0.630. The van der Waals surface area contributed by atoms with Gasteiger partial charge in [0.25, 0.3) is 0 Å². The predicted octanol–water partition coefficient (Wildman–Crippen LogP) is 3.20. The lowest BCUT2D eigenvalue weighted by atomic mass is 10.1. The highest BCUT2D eigenvalue weighted by atomic mass is 19.1. The molecule has 0 radical (unpaired) electrons. The highest BCUT2D eigenvalue weighted by Crippen LogP contribution is 2.24. The third-order valence-electron chi connectivity index (χ3n) is 2.74. The minimum atomic E-state index is -0.261. The summed E-state index contributed by atoms with van der Waals surface area (Å²) in [6.45, 7) is 3.91. The Morgan fingerprint density at radius 2 is 2.00 bits per heavy atom. The molecule has 4 heteroatoms. The smallest absolute Gasteiger partial charge is 0.132 e. The SMILES string of the molecule is CCc1nc(NC)cc(-c2cc(C)ccc2F)n1. The van der Waals surface area contributed by atoms with Crippen LogP contribution in [0.2, 0.25) is 0 Å². The van der Waals surface area contributed by atoms with E-state index in [0.29, 0.717) is 22.9 Å². The van der Waals surface area contributed by atoms with Crippen molar-refractivity contribution in [2.24, 2.45) is 0 Å². The van der Waals surface area contributed by atoms with Crippen LogP contribution in [0.3, 0.4) is 0 Å². The maximum Gasteiger partial charge on any atom is 0.132 e. The highest BCUT2D eigenvalue weighted by molar-refractivity contribution is 5.64. The molecule has 94 valence electrons. The zero-order chi connectivity index (χ0) is 13.1. The Labute approximate surface area is 106 Å². The Bertz CT molecular complexity index is 545. The Kier molecular flexibility index (Phi) is 3.55. The maximum absolute atomic E-state index is 13.8. The van der Waals surface area contributed by atoms with Crippen LogP contribution in [0.1, 0.15) is 18.3 Å². The molecule has 0 bridgehead atoms. The molecule has 0 spiro atoms. The van der Waals surface area contributed by atoms with Gasteiger partial charge in [-0.15, -0.1) is 0 Å². The quantitative estimate of drug-likeness (QED) is 0.902. The molecule has 0 saturated heterocycles. The fraction of sp³-hybridized carbons (Fsp3) is 0.286.